The second-order valence-corrected chi connectivity index (χ2v) is 6.22. The molecule has 0 aliphatic heterocycles. The maximum absolute atomic E-state index is 5.92. The van der Waals surface area contributed by atoms with Crippen molar-refractivity contribution < 1.29 is 0 Å². The van der Waals surface area contributed by atoms with E-state index in [1.807, 2.05) is 24.3 Å². The molecule has 3 nitrogen and oxygen atoms in total. The lowest BCUT2D eigenvalue weighted by Gasteiger charge is -2.30. The molecule has 0 atom stereocenters. The molecular formula is C20H19N3. The predicted octanol–water partition coefficient (Wildman–Crippen LogP) is 4.01. The van der Waals surface area contributed by atoms with Gasteiger partial charge in [0.25, 0.3) is 0 Å². The monoisotopic (exact) mass is 301 g/mol. The van der Waals surface area contributed by atoms with E-state index in [-0.39, 0.29) is 11.6 Å². The van der Waals surface area contributed by atoms with Crippen LogP contribution in [0.15, 0.2) is 72.8 Å². The number of anilines is 1. The third kappa shape index (κ3) is 2.49. The van der Waals surface area contributed by atoms with Crippen molar-refractivity contribution in [2.45, 2.75) is 18.5 Å². The molecule has 0 unspecified atom stereocenters. The Morgan fingerprint density at radius 2 is 1.43 bits per heavy atom. The first kappa shape index (κ1) is 14.0. The summed E-state index contributed by atoms with van der Waals surface area (Å²) in [5.41, 5.74) is 8.76. The van der Waals surface area contributed by atoms with Crippen LogP contribution in [0, 0.1) is 0 Å². The molecule has 1 heterocycles. The lowest BCUT2D eigenvalue weighted by Crippen LogP contribution is -2.34. The van der Waals surface area contributed by atoms with Crippen LogP contribution in [0.2, 0.25) is 0 Å². The molecule has 3 heteroatoms. The van der Waals surface area contributed by atoms with E-state index in [9.17, 15) is 0 Å². The summed E-state index contributed by atoms with van der Waals surface area (Å²) >= 11 is 0. The normalized spacial score (nSPS) is 23.5. The largest absolute Gasteiger partial charge is 0.372 e. The Morgan fingerprint density at radius 3 is 2.00 bits per heavy atom. The average molecular weight is 301 g/mol. The van der Waals surface area contributed by atoms with Crippen molar-refractivity contribution in [3.8, 4) is 0 Å². The Bertz CT molecular complexity index is 872. The van der Waals surface area contributed by atoms with Gasteiger partial charge in [-0.1, -0.05) is 60.7 Å². The van der Waals surface area contributed by atoms with Gasteiger partial charge in [-0.15, -0.1) is 0 Å². The molecule has 114 valence electrons. The number of para-hydroxylation sites is 2. The number of nitrogens with zero attached hydrogens (tertiary/aromatic N) is 1. The van der Waals surface area contributed by atoms with Crippen LogP contribution in [-0.2, 0) is 0 Å². The minimum Gasteiger partial charge on any atom is -0.372 e. The van der Waals surface area contributed by atoms with Gasteiger partial charge >= 0.3 is 0 Å². The Labute approximate surface area is 135 Å². The third-order valence-corrected chi connectivity index (χ3v) is 4.31. The molecule has 1 aliphatic carbocycles. The fourth-order valence-electron chi connectivity index (χ4n) is 3.07. The zero-order valence-corrected chi connectivity index (χ0v) is 13.0. The number of nitrogens with one attached hydrogen (secondary N) is 1. The molecule has 3 N–H and O–H groups in total. The minimum absolute atomic E-state index is 0.00389. The molecule has 1 aliphatic rings. The van der Waals surface area contributed by atoms with Crippen LogP contribution >= 0.6 is 0 Å². The van der Waals surface area contributed by atoms with E-state index >= 15 is 0 Å². The van der Waals surface area contributed by atoms with Crippen LogP contribution in [0.25, 0.3) is 21.8 Å². The van der Waals surface area contributed by atoms with E-state index in [1.165, 1.54) is 0 Å². The number of pyridine rings is 1. The van der Waals surface area contributed by atoms with Crippen molar-refractivity contribution in [3.05, 3.63) is 72.8 Å². The van der Waals surface area contributed by atoms with Crippen molar-refractivity contribution in [1.82, 2.24) is 4.98 Å². The van der Waals surface area contributed by atoms with Gasteiger partial charge in [0.05, 0.1) is 22.3 Å². The first-order valence-corrected chi connectivity index (χ1v) is 7.85. The van der Waals surface area contributed by atoms with Crippen molar-refractivity contribution in [1.29, 1.82) is 0 Å². The maximum atomic E-state index is 5.92. The van der Waals surface area contributed by atoms with Crippen LogP contribution in [0.1, 0.15) is 6.92 Å². The lowest BCUT2D eigenvalue weighted by molar-refractivity contribution is 0.768. The molecule has 2 aromatic carbocycles. The van der Waals surface area contributed by atoms with Gasteiger partial charge in [-0.2, -0.15) is 0 Å². The first-order valence-electron chi connectivity index (χ1n) is 7.85. The molecule has 0 radical (unpaired) electrons. The van der Waals surface area contributed by atoms with E-state index in [2.05, 4.69) is 60.8 Å². The van der Waals surface area contributed by atoms with Gasteiger partial charge in [0, 0.05) is 16.8 Å². The van der Waals surface area contributed by atoms with E-state index in [4.69, 9.17) is 10.7 Å². The summed E-state index contributed by atoms with van der Waals surface area (Å²) in [6, 6.07) is 16.5. The van der Waals surface area contributed by atoms with Gasteiger partial charge in [0.2, 0.25) is 0 Å². The van der Waals surface area contributed by atoms with E-state index in [0.29, 0.717) is 0 Å². The number of rotatable bonds is 2. The second kappa shape index (κ2) is 5.21. The molecule has 0 fully saturated rings. The third-order valence-electron chi connectivity index (χ3n) is 4.31. The fraction of sp³-hybridized carbons (Fsp3) is 0.150. The van der Waals surface area contributed by atoms with Gasteiger partial charge in [-0.3, -0.25) is 0 Å². The zero-order valence-electron chi connectivity index (χ0n) is 13.0. The van der Waals surface area contributed by atoms with Crippen molar-refractivity contribution >= 4 is 27.5 Å². The summed E-state index contributed by atoms with van der Waals surface area (Å²) in [5.74, 6) is 0. The molecule has 0 saturated carbocycles. The molecule has 0 saturated heterocycles. The molecule has 0 amide bonds. The summed E-state index contributed by atoms with van der Waals surface area (Å²) in [4.78, 5) is 4.77. The smallest absolute Gasteiger partial charge is 0.0730 e. The Balaban J connectivity index is 1.93. The lowest BCUT2D eigenvalue weighted by atomic mass is 9.93. The summed E-state index contributed by atoms with van der Waals surface area (Å²) in [7, 11) is 0. The Hall–Kier alpha value is -2.65. The maximum Gasteiger partial charge on any atom is 0.0730 e. The topological polar surface area (TPSA) is 50.9 Å². The summed E-state index contributed by atoms with van der Waals surface area (Å²) in [6.45, 7) is 2.15. The van der Waals surface area contributed by atoms with Crippen molar-refractivity contribution in [3.63, 3.8) is 0 Å². The highest BCUT2D eigenvalue weighted by molar-refractivity contribution is 6.07. The minimum atomic E-state index is -0.261. The summed E-state index contributed by atoms with van der Waals surface area (Å²) in [6.07, 6.45) is 8.31. The van der Waals surface area contributed by atoms with Crippen LogP contribution in [0.5, 0.6) is 0 Å². The van der Waals surface area contributed by atoms with Gasteiger partial charge in [-0.05, 0) is 19.1 Å². The van der Waals surface area contributed by atoms with E-state index in [1.54, 1.807) is 0 Å². The molecule has 0 bridgehead atoms. The number of benzene rings is 2. The van der Waals surface area contributed by atoms with Gasteiger partial charge in [-0.25, -0.2) is 4.98 Å². The summed E-state index contributed by atoms with van der Waals surface area (Å²) in [5, 5.41) is 5.95. The highest BCUT2D eigenvalue weighted by Gasteiger charge is 2.22. The van der Waals surface area contributed by atoms with Crippen molar-refractivity contribution in [2.24, 2.45) is 5.73 Å². The van der Waals surface area contributed by atoms with Crippen molar-refractivity contribution in [2.75, 3.05) is 5.32 Å². The highest BCUT2D eigenvalue weighted by atomic mass is 15.0. The fourth-order valence-corrected chi connectivity index (χ4v) is 3.07. The first-order chi connectivity index (χ1) is 11.1. The van der Waals surface area contributed by atoms with Gasteiger partial charge in [0.15, 0.2) is 0 Å². The Morgan fingerprint density at radius 1 is 0.913 bits per heavy atom. The quantitative estimate of drug-likeness (QED) is 0.555. The molecule has 4 rings (SSSR count). The van der Waals surface area contributed by atoms with Crippen LogP contribution in [0.4, 0.5) is 5.69 Å². The molecule has 1 aromatic heterocycles. The van der Waals surface area contributed by atoms with Crippen LogP contribution < -0.4 is 11.1 Å². The number of nitrogens with two attached hydrogens (primary N) is 1. The van der Waals surface area contributed by atoms with Crippen LogP contribution in [0.3, 0.4) is 0 Å². The zero-order chi connectivity index (χ0) is 15.9. The number of aromatic nitrogens is 1. The summed E-state index contributed by atoms with van der Waals surface area (Å²) < 4.78 is 0. The number of fused-ring (bicyclic) bond motifs is 2. The van der Waals surface area contributed by atoms with Gasteiger partial charge < -0.3 is 11.1 Å². The van der Waals surface area contributed by atoms with E-state index < -0.39 is 0 Å². The second-order valence-electron chi connectivity index (χ2n) is 6.22. The molecule has 3 aromatic rings. The molecule has 0 spiro atoms. The SMILES string of the molecule is CC1(Nc2c3ccccc3nc3ccccc23)C=CC(N)C=C1. The predicted molar refractivity (Wildman–Crippen MR) is 97.5 cm³/mol. The molecule has 23 heavy (non-hydrogen) atoms. The number of hydrogen-bond donors (Lipinski definition) is 2. The van der Waals surface area contributed by atoms with Crippen LogP contribution in [-0.4, -0.2) is 16.6 Å². The standard InChI is InChI=1S/C20H19N3/c1-20(12-10-14(21)11-13-20)23-19-15-6-2-4-8-17(15)22-18-9-5-3-7-16(18)19/h2-14H,21H2,1H3,(H,22,23). The van der Waals surface area contributed by atoms with E-state index in [0.717, 1.165) is 27.5 Å². The van der Waals surface area contributed by atoms with Gasteiger partial charge in [0.1, 0.15) is 0 Å². The Kier molecular flexibility index (Phi) is 3.17. The molecular weight excluding hydrogens is 282 g/mol. The average Bonchev–Trinajstić information content (AvgIpc) is 2.58. The highest BCUT2D eigenvalue weighted by Crippen LogP contribution is 2.33. The number of hydrogen-bond acceptors (Lipinski definition) is 3.